The zero-order valence-electron chi connectivity index (χ0n) is 40.4. The molecule has 2 aliphatic rings. The largest absolute Gasteiger partial charge is 0.494 e. The highest BCUT2D eigenvalue weighted by Gasteiger charge is 2.51. The van der Waals surface area contributed by atoms with E-state index in [0.29, 0.717) is 61.9 Å². The van der Waals surface area contributed by atoms with E-state index in [4.69, 9.17) is 21.7 Å². The molecule has 18 heteroatoms. The van der Waals surface area contributed by atoms with Crippen molar-refractivity contribution in [3.8, 4) is 28.0 Å². The Kier molecular flexibility index (Phi) is 15.9. The summed E-state index contributed by atoms with van der Waals surface area (Å²) < 4.78 is 53.1. The van der Waals surface area contributed by atoms with Crippen molar-refractivity contribution in [2.45, 2.75) is 104 Å². The van der Waals surface area contributed by atoms with Crippen LogP contribution in [-0.4, -0.2) is 76.0 Å². The smallest absolute Gasteiger partial charge is 0.417 e. The van der Waals surface area contributed by atoms with Crippen LogP contribution < -0.4 is 29.9 Å². The standard InChI is InChI=1S/C53H56F3N7O6S2/c1-33-44(71-32-59-33)35-14-12-34(13-15-35)31-58-47(65)43-11-10-26-61(43)48(66)45(51(2,3)4)60-46(64)36-17-22-40(23-18-36)68-27-8-7-9-28-69-41-24-20-38(21-25-41)63-50(70)62(49(67)52(63,5)6)39-19-16-37(30-57)42(29-39)53(54,55)56/h12-25,29,32,43,45H,7-11,26-28,31H2,1-6H3,(H,58,65)(H,60,64)/t43-,45?/m0/s1. The van der Waals surface area contributed by atoms with Gasteiger partial charge in [0, 0.05) is 24.3 Å². The number of rotatable bonds is 17. The fourth-order valence-electron chi connectivity index (χ4n) is 8.61. The number of aromatic nitrogens is 1. The molecule has 372 valence electrons. The first-order valence-corrected chi connectivity index (χ1v) is 24.6. The van der Waals surface area contributed by atoms with Crippen LogP contribution in [-0.2, 0) is 27.1 Å². The number of carbonyl (C=O) groups is 4. The van der Waals surface area contributed by atoms with Gasteiger partial charge in [-0.25, -0.2) is 4.98 Å². The number of ether oxygens (including phenoxy) is 2. The number of hydrogen-bond acceptors (Lipinski definition) is 10. The van der Waals surface area contributed by atoms with E-state index < -0.39 is 52.2 Å². The minimum atomic E-state index is -4.80. The number of halogens is 3. The molecule has 13 nitrogen and oxygen atoms in total. The molecule has 4 amide bonds. The Morgan fingerprint density at radius 2 is 1.54 bits per heavy atom. The molecule has 0 saturated carbocycles. The molecule has 71 heavy (non-hydrogen) atoms. The van der Waals surface area contributed by atoms with Crippen molar-refractivity contribution >= 4 is 63.7 Å². The average Bonchev–Trinajstić information content (AvgIpc) is 4.05. The summed E-state index contributed by atoms with van der Waals surface area (Å²) in [6.45, 7) is 12.5. The van der Waals surface area contributed by atoms with Crippen LogP contribution in [0, 0.1) is 23.7 Å². The molecule has 2 aliphatic heterocycles. The lowest BCUT2D eigenvalue weighted by molar-refractivity contribution is -0.141. The Morgan fingerprint density at radius 3 is 2.11 bits per heavy atom. The second-order valence-corrected chi connectivity index (χ2v) is 20.3. The summed E-state index contributed by atoms with van der Waals surface area (Å²) in [5.41, 5.74) is 2.07. The Morgan fingerprint density at radius 1 is 0.915 bits per heavy atom. The number of likely N-dealkylation sites (tertiary alicyclic amines) is 1. The molecule has 1 aromatic heterocycles. The molecule has 0 radical (unpaired) electrons. The van der Waals surface area contributed by atoms with Gasteiger partial charge in [0.2, 0.25) is 11.8 Å². The number of amides is 4. The van der Waals surface area contributed by atoms with Gasteiger partial charge < -0.3 is 29.9 Å². The summed E-state index contributed by atoms with van der Waals surface area (Å²) in [7, 11) is 0. The van der Waals surface area contributed by atoms with Crippen molar-refractivity contribution in [3.63, 3.8) is 0 Å². The second kappa shape index (κ2) is 21.7. The van der Waals surface area contributed by atoms with Crippen molar-refractivity contribution in [2.75, 3.05) is 29.6 Å². The molecule has 2 N–H and O–H groups in total. The van der Waals surface area contributed by atoms with Gasteiger partial charge in [-0.3, -0.25) is 24.1 Å². The highest BCUT2D eigenvalue weighted by Crippen LogP contribution is 2.40. The van der Waals surface area contributed by atoms with E-state index in [0.717, 1.165) is 58.0 Å². The third kappa shape index (κ3) is 11.9. The van der Waals surface area contributed by atoms with E-state index in [9.17, 15) is 37.6 Å². The van der Waals surface area contributed by atoms with Gasteiger partial charge in [-0.1, -0.05) is 45.0 Å². The van der Waals surface area contributed by atoms with Gasteiger partial charge >= 0.3 is 6.18 Å². The Labute approximate surface area is 420 Å². The number of hydrogen-bond donors (Lipinski definition) is 2. The maximum absolute atomic E-state index is 14.1. The SMILES string of the molecule is Cc1ncsc1-c1ccc(CNC(=O)[C@@H]2CCCN2C(=O)C(NC(=O)c2ccc(OCCCCCOc3ccc(N4C(=S)N(c5ccc(C#N)c(C(F)(F)F)c5)C(=O)C4(C)C)cc3)cc2)C(C)(C)C)cc1. The Hall–Kier alpha value is -6.84. The number of nitrogens with zero attached hydrogens (tertiary/aromatic N) is 5. The van der Waals surface area contributed by atoms with E-state index in [1.807, 2.05) is 57.5 Å². The molecule has 4 aromatic carbocycles. The predicted molar refractivity (Wildman–Crippen MR) is 270 cm³/mol. The van der Waals surface area contributed by atoms with Crippen LogP contribution in [0.5, 0.6) is 11.5 Å². The monoisotopic (exact) mass is 1010 g/mol. The molecule has 7 rings (SSSR count). The molecule has 0 aliphatic carbocycles. The summed E-state index contributed by atoms with van der Waals surface area (Å²) in [6.07, 6.45) is -1.30. The Bertz CT molecular complexity index is 2800. The van der Waals surface area contributed by atoms with Crippen molar-refractivity contribution in [1.82, 2.24) is 20.5 Å². The van der Waals surface area contributed by atoms with Crippen molar-refractivity contribution < 1.29 is 41.8 Å². The van der Waals surface area contributed by atoms with Gasteiger partial charge in [0.25, 0.3) is 11.8 Å². The predicted octanol–water partition coefficient (Wildman–Crippen LogP) is 10.0. The lowest BCUT2D eigenvalue weighted by Crippen LogP contribution is -2.57. The van der Waals surface area contributed by atoms with E-state index in [-0.39, 0.29) is 22.6 Å². The molecule has 2 fully saturated rings. The van der Waals surface area contributed by atoms with Crippen LogP contribution in [0.2, 0.25) is 0 Å². The van der Waals surface area contributed by atoms with E-state index >= 15 is 0 Å². The summed E-state index contributed by atoms with van der Waals surface area (Å²) in [6, 6.07) is 24.8. The number of thiazole rings is 1. The van der Waals surface area contributed by atoms with Gasteiger partial charge in [-0.15, -0.1) is 11.3 Å². The van der Waals surface area contributed by atoms with E-state index in [2.05, 4.69) is 15.6 Å². The Balaban J connectivity index is 0.836. The van der Waals surface area contributed by atoms with Crippen LogP contribution in [0.15, 0.2) is 96.5 Å². The number of benzene rings is 4. The quantitative estimate of drug-likeness (QED) is 0.0679. The molecule has 0 spiro atoms. The van der Waals surface area contributed by atoms with Crippen LogP contribution in [0.4, 0.5) is 24.5 Å². The lowest BCUT2D eigenvalue weighted by Gasteiger charge is -2.35. The number of alkyl halides is 3. The minimum absolute atomic E-state index is 0.00128. The van der Waals surface area contributed by atoms with Gasteiger partial charge in [-0.2, -0.15) is 18.4 Å². The molecule has 3 heterocycles. The maximum Gasteiger partial charge on any atom is 0.417 e. The normalized spacial score (nSPS) is 16.2. The second-order valence-electron chi connectivity index (χ2n) is 19.1. The third-order valence-electron chi connectivity index (χ3n) is 12.5. The van der Waals surface area contributed by atoms with Gasteiger partial charge in [0.05, 0.1) is 52.2 Å². The van der Waals surface area contributed by atoms with Crippen molar-refractivity contribution in [2.24, 2.45) is 5.41 Å². The summed E-state index contributed by atoms with van der Waals surface area (Å²) in [5, 5.41) is 15.2. The number of anilines is 2. The van der Waals surface area contributed by atoms with Crippen LogP contribution in [0.25, 0.3) is 10.4 Å². The summed E-state index contributed by atoms with van der Waals surface area (Å²) in [5.74, 6) is -0.276. The van der Waals surface area contributed by atoms with Crippen molar-refractivity contribution in [1.29, 1.82) is 5.26 Å². The number of nitrogens with one attached hydrogen (secondary N) is 2. The lowest BCUT2D eigenvalue weighted by atomic mass is 9.85. The average molecular weight is 1010 g/mol. The molecular formula is C53H56F3N7O6S2. The van der Waals surface area contributed by atoms with E-state index in [1.54, 1.807) is 89.6 Å². The van der Waals surface area contributed by atoms with Gasteiger partial charge in [0.15, 0.2) is 5.11 Å². The fraction of sp³-hybridized carbons (Fsp3) is 0.377. The maximum atomic E-state index is 14.1. The van der Waals surface area contributed by atoms with Crippen LogP contribution in [0.1, 0.15) is 99.5 Å². The van der Waals surface area contributed by atoms with E-state index in [1.165, 1.54) is 6.07 Å². The number of unbranched alkanes of at least 4 members (excludes halogenated alkanes) is 2. The molecule has 0 bridgehead atoms. The first kappa shape index (κ1) is 52.0. The van der Waals surface area contributed by atoms with Gasteiger partial charge in [-0.05, 0) is 148 Å². The number of carbonyl (C=O) groups excluding carboxylic acids is 4. The number of nitriles is 1. The first-order chi connectivity index (χ1) is 33.7. The topological polar surface area (TPSA) is 157 Å². The molecule has 2 saturated heterocycles. The first-order valence-electron chi connectivity index (χ1n) is 23.3. The van der Waals surface area contributed by atoms with Gasteiger partial charge in [0.1, 0.15) is 29.1 Å². The summed E-state index contributed by atoms with van der Waals surface area (Å²) >= 11 is 7.22. The van der Waals surface area contributed by atoms with Crippen LogP contribution >= 0.6 is 23.6 Å². The highest BCUT2D eigenvalue weighted by atomic mass is 32.1. The highest BCUT2D eigenvalue weighted by molar-refractivity contribution is 7.81. The van der Waals surface area contributed by atoms with Crippen LogP contribution in [0.3, 0.4) is 0 Å². The third-order valence-corrected chi connectivity index (χ3v) is 13.9. The molecule has 2 atom stereocenters. The fourth-order valence-corrected chi connectivity index (χ4v) is 9.94. The molecule has 1 unspecified atom stereocenters. The minimum Gasteiger partial charge on any atom is -0.494 e. The zero-order chi connectivity index (χ0) is 51.3. The summed E-state index contributed by atoms with van der Waals surface area (Å²) in [4.78, 5) is 64.3. The number of aryl methyl sites for hydroxylation is 1. The van der Waals surface area contributed by atoms with Crippen molar-refractivity contribution in [3.05, 3.63) is 124 Å². The zero-order valence-corrected chi connectivity index (χ0v) is 42.0. The molecule has 5 aromatic rings. The number of thiocarbonyl (C=S) groups is 1. The molecular weight excluding hydrogens is 952 g/mol.